The van der Waals surface area contributed by atoms with Crippen molar-refractivity contribution in [3.8, 4) is 0 Å². The summed E-state index contributed by atoms with van der Waals surface area (Å²) in [6.45, 7) is 11.4. The molecule has 1 aromatic rings. The molecule has 1 aromatic heterocycles. The molecule has 0 amide bonds. The lowest BCUT2D eigenvalue weighted by Crippen LogP contribution is -2.19. The fraction of sp³-hybridized carbons (Fsp3) is 0.769. The van der Waals surface area contributed by atoms with Crippen molar-refractivity contribution in [3.05, 3.63) is 15.6 Å². The second-order valence-corrected chi connectivity index (χ2v) is 6.20. The van der Waals surface area contributed by atoms with E-state index in [1.165, 1.54) is 10.6 Å². The molecule has 1 heterocycles. The Morgan fingerprint density at radius 2 is 2.00 bits per heavy atom. The highest BCUT2D eigenvalue weighted by Crippen LogP contribution is 2.25. The monoisotopic (exact) mass is 256 g/mol. The van der Waals surface area contributed by atoms with Crippen molar-refractivity contribution in [2.24, 2.45) is 5.92 Å². The molecule has 98 valence electrons. The maximum absolute atomic E-state index is 5.15. The van der Waals surface area contributed by atoms with Gasteiger partial charge in [0, 0.05) is 18.5 Å². The quantitative estimate of drug-likeness (QED) is 0.813. The molecule has 0 fully saturated rings. The summed E-state index contributed by atoms with van der Waals surface area (Å²) < 4.78 is 5.15. The third-order valence-electron chi connectivity index (χ3n) is 2.42. The number of ether oxygens (including phenoxy) is 1. The molecule has 0 aliphatic carbocycles. The average Bonchev–Trinajstić information content (AvgIpc) is 2.61. The minimum atomic E-state index is 0.479. The van der Waals surface area contributed by atoms with E-state index in [9.17, 15) is 0 Å². The Bertz CT molecular complexity index is 334. The molecule has 0 bridgehead atoms. The Morgan fingerprint density at radius 1 is 1.29 bits per heavy atom. The van der Waals surface area contributed by atoms with E-state index in [-0.39, 0.29) is 0 Å². The second kappa shape index (κ2) is 7.09. The van der Waals surface area contributed by atoms with Gasteiger partial charge in [0.2, 0.25) is 0 Å². The summed E-state index contributed by atoms with van der Waals surface area (Å²) in [6.07, 6.45) is 0. The standard InChI is InChI=1S/C13H24N2OS/c1-9(2)6-14-7-11-13(10(3)4)15-12(17-11)8-16-5/h9-10,14H,6-8H2,1-5H3. The van der Waals surface area contributed by atoms with Crippen LogP contribution in [0, 0.1) is 5.92 Å². The van der Waals surface area contributed by atoms with Crippen LogP contribution in [0.4, 0.5) is 0 Å². The van der Waals surface area contributed by atoms with Gasteiger partial charge in [0.1, 0.15) is 5.01 Å². The van der Waals surface area contributed by atoms with E-state index >= 15 is 0 Å². The van der Waals surface area contributed by atoms with Gasteiger partial charge in [-0.1, -0.05) is 27.7 Å². The number of nitrogens with one attached hydrogen (secondary N) is 1. The van der Waals surface area contributed by atoms with E-state index in [0.29, 0.717) is 18.4 Å². The maximum atomic E-state index is 5.15. The Kier molecular flexibility index (Phi) is 6.09. The van der Waals surface area contributed by atoms with Crippen LogP contribution in [0.1, 0.15) is 49.2 Å². The molecule has 0 radical (unpaired) electrons. The number of methoxy groups -OCH3 is 1. The van der Waals surface area contributed by atoms with Crippen LogP contribution in [0.25, 0.3) is 0 Å². The van der Waals surface area contributed by atoms with Crippen LogP contribution in [0.3, 0.4) is 0 Å². The summed E-state index contributed by atoms with van der Waals surface area (Å²) in [6, 6.07) is 0. The van der Waals surface area contributed by atoms with Gasteiger partial charge in [-0.15, -0.1) is 11.3 Å². The lowest BCUT2D eigenvalue weighted by atomic mass is 10.1. The molecule has 0 aromatic carbocycles. The highest BCUT2D eigenvalue weighted by molar-refractivity contribution is 7.11. The number of nitrogens with zero attached hydrogens (tertiary/aromatic N) is 1. The fourth-order valence-corrected chi connectivity index (χ4v) is 2.82. The summed E-state index contributed by atoms with van der Waals surface area (Å²) in [4.78, 5) is 6.01. The van der Waals surface area contributed by atoms with E-state index in [2.05, 4.69) is 38.0 Å². The first-order valence-corrected chi connectivity index (χ1v) is 7.04. The van der Waals surface area contributed by atoms with E-state index in [4.69, 9.17) is 4.74 Å². The highest BCUT2D eigenvalue weighted by atomic mass is 32.1. The molecule has 0 saturated heterocycles. The molecule has 0 aliphatic rings. The Balaban J connectivity index is 2.67. The molecule has 0 aliphatic heterocycles. The second-order valence-electron chi connectivity index (χ2n) is 5.03. The van der Waals surface area contributed by atoms with Gasteiger partial charge in [-0.3, -0.25) is 0 Å². The van der Waals surface area contributed by atoms with Crippen molar-refractivity contribution in [3.63, 3.8) is 0 Å². The van der Waals surface area contributed by atoms with Gasteiger partial charge in [-0.25, -0.2) is 4.98 Å². The average molecular weight is 256 g/mol. The molecule has 1 rings (SSSR count). The van der Waals surface area contributed by atoms with E-state index in [1.807, 2.05) is 0 Å². The van der Waals surface area contributed by atoms with Crippen molar-refractivity contribution >= 4 is 11.3 Å². The summed E-state index contributed by atoms with van der Waals surface area (Å²) in [5.74, 6) is 1.16. The minimum Gasteiger partial charge on any atom is -0.378 e. The third kappa shape index (κ3) is 4.74. The number of rotatable bonds is 7. The fourth-order valence-electron chi connectivity index (χ4n) is 1.65. The summed E-state index contributed by atoms with van der Waals surface area (Å²) >= 11 is 1.77. The van der Waals surface area contributed by atoms with Crippen LogP contribution < -0.4 is 5.32 Å². The van der Waals surface area contributed by atoms with Gasteiger partial charge < -0.3 is 10.1 Å². The SMILES string of the molecule is COCc1nc(C(C)C)c(CNCC(C)C)s1. The van der Waals surface area contributed by atoms with Crippen LogP contribution in [0.5, 0.6) is 0 Å². The molecule has 0 spiro atoms. The van der Waals surface area contributed by atoms with Crippen molar-refractivity contribution in [2.75, 3.05) is 13.7 Å². The van der Waals surface area contributed by atoms with E-state index in [1.54, 1.807) is 18.4 Å². The van der Waals surface area contributed by atoms with Gasteiger partial charge in [0.25, 0.3) is 0 Å². The maximum Gasteiger partial charge on any atom is 0.119 e. The first-order valence-electron chi connectivity index (χ1n) is 6.22. The van der Waals surface area contributed by atoms with Crippen molar-refractivity contribution in [2.45, 2.75) is 46.8 Å². The number of aromatic nitrogens is 1. The minimum absolute atomic E-state index is 0.479. The zero-order valence-corrected chi connectivity index (χ0v) is 12.4. The molecule has 4 heteroatoms. The van der Waals surface area contributed by atoms with Crippen LogP contribution >= 0.6 is 11.3 Å². The predicted octanol–water partition coefficient (Wildman–Crippen LogP) is 3.16. The first kappa shape index (κ1) is 14.6. The highest BCUT2D eigenvalue weighted by Gasteiger charge is 2.13. The third-order valence-corrected chi connectivity index (χ3v) is 3.47. The smallest absolute Gasteiger partial charge is 0.119 e. The number of thiazole rings is 1. The first-order chi connectivity index (χ1) is 8.04. The zero-order valence-electron chi connectivity index (χ0n) is 11.5. The molecule has 0 unspecified atom stereocenters. The predicted molar refractivity (Wildman–Crippen MR) is 73.5 cm³/mol. The molecule has 0 atom stereocenters. The normalized spacial score (nSPS) is 11.7. The van der Waals surface area contributed by atoms with Crippen LogP contribution in [0.15, 0.2) is 0 Å². The summed E-state index contributed by atoms with van der Waals surface area (Å²) in [5, 5.41) is 4.56. The lowest BCUT2D eigenvalue weighted by molar-refractivity contribution is 0.184. The summed E-state index contributed by atoms with van der Waals surface area (Å²) in [5.41, 5.74) is 1.22. The van der Waals surface area contributed by atoms with Gasteiger partial charge in [0.05, 0.1) is 12.3 Å². The van der Waals surface area contributed by atoms with Crippen LogP contribution in [0.2, 0.25) is 0 Å². The molecule has 1 N–H and O–H groups in total. The summed E-state index contributed by atoms with van der Waals surface area (Å²) in [7, 11) is 1.72. The van der Waals surface area contributed by atoms with Crippen LogP contribution in [-0.2, 0) is 17.9 Å². The van der Waals surface area contributed by atoms with Crippen molar-refractivity contribution < 1.29 is 4.74 Å². The van der Waals surface area contributed by atoms with Gasteiger partial charge in [-0.05, 0) is 18.4 Å². The molecular formula is C13H24N2OS. The topological polar surface area (TPSA) is 34.1 Å². The number of hydrogen-bond acceptors (Lipinski definition) is 4. The van der Waals surface area contributed by atoms with E-state index in [0.717, 1.165) is 18.1 Å². The van der Waals surface area contributed by atoms with E-state index < -0.39 is 0 Å². The zero-order chi connectivity index (χ0) is 12.8. The largest absolute Gasteiger partial charge is 0.378 e. The Morgan fingerprint density at radius 3 is 2.53 bits per heavy atom. The van der Waals surface area contributed by atoms with Gasteiger partial charge >= 0.3 is 0 Å². The Hall–Kier alpha value is -0.450. The molecule has 0 saturated carbocycles. The van der Waals surface area contributed by atoms with Crippen molar-refractivity contribution in [1.29, 1.82) is 0 Å². The number of hydrogen-bond donors (Lipinski definition) is 1. The van der Waals surface area contributed by atoms with Gasteiger partial charge in [-0.2, -0.15) is 0 Å². The van der Waals surface area contributed by atoms with Gasteiger partial charge in [0.15, 0.2) is 0 Å². The van der Waals surface area contributed by atoms with Crippen molar-refractivity contribution in [1.82, 2.24) is 10.3 Å². The van der Waals surface area contributed by atoms with Crippen LogP contribution in [-0.4, -0.2) is 18.6 Å². The molecular weight excluding hydrogens is 232 g/mol. The molecule has 3 nitrogen and oxygen atoms in total. The lowest BCUT2D eigenvalue weighted by Gasteiger charge is -2.08. The molecule has 17 heavy (non-hydrogen) atoms. The Labute approximate surface area is 109 Å².